The number of rotatable bonds is 5. The summed E-state index contributed by atoms with van der Waals surface area (Å²) in [5.74, 6) is -3.91. The molecule has 12 heteroatoms. The molecule has 0 aromatic heterocycles. The van der Waals surface area contributed by atoms with Gasteiger partial charge in [0.15, 0.2) is 12.1 Å². The first-order valence-corrected chi connectivity index (χ1v) is 12.4. The molecule has 2 aromatic carbocycles. The van der Waals surface area contributed by atoms with Crippen LogP contribution in [0.1, 0.15) is 73.0 Å². The lowest BCUT2D eigenvalue weighted by molar-refractivity contribution is -0.251. The summed E-state index contributed by atoms with van der Waals surface area (Å²) >= 11 is 0. The van der Waals surface area contributed by atoms with Crippen molar-refractivity contribution in [2.45, 2.75) is 68.5 Å². The highest BCUT2D eigenvalue weighted by Crippen LogP contribution is 2.52. The number of benzene rings is 2. The standard InChI is InChI=1S/C27H31NO11/c1-10-22(31)13(28)6-17(38-10)39-15-8-27(36,16(30)9-29)7-12-19(15)26(35)21-20(24(12)33)23(32)11-4-3-5-14(37-2)18(11)25(21)34/h3-5,10,13,15-17,22,29-31,33,35-36H,6-9,28H2,1-2H3/t10-,13?,15-,16+,17-,22+,27-/m0/s1/i2+1D3. The lowest BCUT2D eigenvalue weighted by Gasteiger charge is -2.44. The van der Waals surface area contributed by atoms with E-state index in [2.05, 4.69) is 0 Å². The van der Waals surface area contributed by atoms with Crippen LogP contribution in [0.25, 0.3) is 0 Å². The first kappa shape index (κ1) is 23.8. The van der Waals surface area contributed by atoms with Gasteiger partial charge in [0.1, 0.15) is 23.4 Å². The number of hydrogen-bond donors (Lipinski definition) is 7. The fraction of sp³-hybridized carbons (Fsp3) is 0.481. The third-order valence-electron chi connectivity index (χ3n) is 7.86. The van der Waals surface area contributed by atoms with Gasteiger partial charge in [-0.2, -0.15) is 0 Å². The van der Waals surface area contributed by atoms with Gasteiger partial charge >= 0.3 is 0 Å². The van der Waals surface area contributed by atoms with E-state index in [-0.39, 0.29) is 23.1 Å². The third-order valence-corrected chi connectivity index (χ3v) is 7.86. The molecule has 39 heavy (non-hydrogen) atoms. The summed E-state index contributed by atoms with van der Waals surface area (Å²) in [6.07, 6.45) is -7.00. The van der Waals surface area contributed by atoms with E-state index >= 15 is 0 Å². The number of carbonyl (C=O) groups excluding carboxylic acids is 2. The molecular formula is C27H31NO11. The Bertz CT molecular complexity index is 1440. The largest absolute Gasteiger partial charge is 0.507 e. The molecule has 0 amide bonds. The summed E-state index contributed by atoms with van der Waals surface area (Å²) < 4.78 is 39.0. The predicted molar refractivity (Wildman–Crippen MR) is 133 cm³/mol. The minimum Gasteiger partial charge on any atom is -0.507 e. The minimum atomic E-state index is -2.97. The van der Waals surface area contributed by atoms with Crippen molar-refractivity contribution >= 4 is 11.6 Å². The van der Waals surface area contributed by atoms with Crippen LogP contribution in [0.15, 0.2) is 18.2 Å². The van der Waals surface area contributed by atoms with Crippen LogP contribution in [-0.2, 0) is 15.9 Å². The van der Waals surface area contributed by atoms with Gasteiger partial charge in [-0.05, 0) is 13.0 Å². The average molecular weight is 550 g/mol. The van der Waals surface area contributed by atoms with Gasteiger partial charge in [-0.25, -0.2) is 0 Å². The smallest absolute Gasteiger partial charge is 0.202 e. The van der Waals surface area contributed by atoms with Crippen LogP contribution in [-0.4, -0.2) is 92.1 Å². The zero-order chi connectivity index (χ0) is 30.9. The number of phenols is 2. The van der Waals surface area contributed by atoms with Crippen LogP contribution in [0.3, 0.4) is 0 Å². The number of ketones is 2. The number of phenolic OH excluding ortho intramolecular Hbond substituents is 2. The Kier molecular flexibility index (Phi) is 5.98. The second-order valence-electron chi connectivity index (χ2n) is 10.2. The maximum absolute atomic E-state index is 13.8. The Morgan fingerprint density at radius 3 is 2.59 bits per heavy atom. The molecule has 2 aliphatic carbocycles. The molecule has 5 rings (SSSR count). The molecule has 7 atom stereocenters. The van der Waals surface area contributed by atoms with Gasteiger partial charge in [-0.15, -0.1) is 0 Å². The van der Waals surface area contributed by atoms with E-state index in [1.165, 1.54) is 18.2 Å². The van der Waals surface area contributed by atoms with Gasteiger partial charge in [0.2, 0.25) is 5.78 Å². The summed E-state index contributed by atoms with van der Waals surface area (Å²) in [5, 5.41) is 64.6. The van der Waals surface area contributed by atoms with Gasteiger partial charge in [-0.3, -0.25) is 9.59 Å². The number of carbonyl (C=O) groups is 2. The van der Waals surface area contributed by atoms with Crippen LogP contribution in [0.4, 0.5) is 0 Å². The molecule has 0 radical (unpaired) electrons. The summed E-state index contributed by atoms with van der Waals surface area (Å²) in [5.41, 5.74) is 1.56. The van der Waals surface area contributed by atoms with Gasteiger partial charge in [-0.1, -0.05) is 12.1 Å². The van der Waals surface area contributed by atoms with Crippen molar-refractivity contribution in [3.05, 3.63) is 51.6 Å². The summed E-state index contributed by atoms with van der Waals surface area (Å²) in [6, 6.07) is 2.94. The van der Waals surface area contributed by atoms with Gasteiger partial charge in [0.25, 0.3) is 0 Å². The second-order valence-corrected chi connectivity index (χ2v) is 10.2. The second kappa shape index (κ2) is 9.82. The molecule has 0 spiro atoms. The summed E-state index contributed by atoms with van der Waals surface area (Å²) in [7, 11) is -2.97. The minimum absolute atomic E-state index is 0.0172. The molecule has 1 unspecified atom stereocenters. The highest BCUT2D eigenvalue weighted by molar-refractivity contribution is 6.31. The molecule has 0 bridgehead atoms. The Hall–Kier alpha value is -3.10. The van der Waals surface area contributed by atoms with Gasteiger partial charge < -0.3 is 50.6 Å². The summed E-state index contributed by atoms with van der Waals surface area (Å²) in [4.78, 5) is 27.4. The number of methoxy groups -OCH3 is 1. The van der Waals surface area contributed by atoms with Crippen molar-refractivity contribution in [2.75, 3.05) is 13.6 Å². The normalized spacial score (nSPS) is 32.3. The maximum Gasteiger partial charge on any atom is 0.202 e. The predicted octanol–water partition coefficient (Wildman–Crippen LogP) is -0.207. The molecular weight excluding hydrogens is 515 g/mol. The molecule has 3 aliphatic rings. The molecule has 1 heterocycles. The Morgan fingerprint density at radius 1 is 1.21 bits per heavy atom. The van der Waals surface area contributed by atoms with Crippen molar-refractivity contribution < 1.29 is 58.6 Å². The van der Waals surface area contributed by atoms with Crippen LogP contribution in [0, 0.1) is 0 Å². The molecule has 1 fully saturated rings. The van der Waals surface area contributed by atoms with Crippen LogP contribution in [0.2, 0.25) is 0 Å². The van der Waals surface area contributed by atoms with Crippen LogP contribution >= 0.6 is 0 Å². The molecule has 0 saturated carbocycles. The van der Waals surface area contributed by atoms with E-state index < -0.39 is 114 Å². The van der Waals surface area contributed by atoms with Crippen molar-refractivity contribution in [3.8, 4) is 17.2 Å². The van der Waals surface area contributed by atoms with Crippen LogP contribution < -0.4 is 10.5 Å². The molecule has 210 valence electrons. The average Bonchev–Trinajstić information content (AvgIpc) is 2.90. The molecule has 1 aliphatic heterocycles. The van der Waals surface area contributed by atoms with E-state index in [4.69, 9.17) is 24.1 Å². The Morgan fingerprint density at radius 2 is 1.92 bits per heavy atom. The zero-order valence-corrected chi connectivity index (χ0v) is 20.8. The molecule has 2 aromatic rings. The SMILES string of the molecule is [2H][13C]([2H])([2H])Oc1cccc2c1C(=O)c1c(O)c3c(c(O)c1C2=O)C[C@@](O)([C@H](O)CO)C[C@@H]3O[C@H]1CC(N)[C@H](O)[C@H](C)O1. The number of hydrogen-bond acceptors (Lipinski definition) is 12. The molecule has 12 nitrogen and oxygen atoms in total. The fourth-order valence-electron chi connectivity index (χ4n) is 5.76. The van der Waals surface area contributed by atoms with Crippen LogP contribution in [0.5, 0.6) is 17.2 Å². The third kappa shape index (κ3) is 4.19. The Labute approximate surface area is 227 Å². The maximum atomic E-state index is 13.8. The number of nitrogens with two attached hydrogens (primary N) is 1. The Balaban J connectivity index is 1.68. The van der Waals surface area contributed by atoms with E-state index in [0.717, 1.165) is 0 Å². The number of ether oxygens (including phenoxy) is 3. The first-order chi connectivity index (χ1) is 19.6. The monoisotopic (exact) mass is 549 g/mol. The molecule has 8 N–H and O–H groups in total. The number of aromatic hydroxyl groups is 2. The number of fused-ring (bicyclic) bond motifs is 3. The highest BCUT2D eigenvalue weighted by Gasteiger charge is 2.50. The zero-order valence-electron chi connectivity index (χ0n) is 23.8. The lowest BCUT2D eigenvalue weighted by Crippen LogP contribution is -2.53. The van der Waals surface area contributed by atoms with Crippen molar-refractivity contribution in [1.82, 2.24) is 0 Å². The van der Waals surface area contributed by atoms with Gasteiger partial charge in [0.05, 0.1) is 58.4 Å². The summed E-state index contributed by atoms with van der Waals surface area (Å²) in [6.45, 7) is 0.683. The van der Waals surface area contributed by atoms with E-state index in [9.17, 15) is 40.2 Å². The van der Waals surface area contributed by atoms with E-state index in [0.29, 0.717) is 0 Å². The topological polar surface area (TPSA) is 209 Å². The van der Waals surface area contributed by atoms with Gasteiger partial charge in [0, 0.05) is 42.0 Å². The van der Waals surface area contributed by atoms with Crippen molar-refractivity contribution in [3.63, 3.8) is 0 Å². The fourth-order valence-corrected chi connectivity index (χ4v) is 5.76. The van der Waals surface area contributed by atoms with Crippen molar-refractivity contribution in [2.24, 2.45) is 5.73 Å². The first-order valence-electron chi connectivity index (χ1n) is 13.9. The van der Waals surface area contributed by atoms with E-state index in [1.807, 2.05) is 0 Å². The highest BCUT2D eigenvalue weighted by atomic mass is 16.7. The quantitative estimate of drug-likeness (QED) is 0.163. The molecule has 1 saturated heterocycles. The number of aliphatic hydroxyl groups is 4. The number of aliphatic hydroxyl groups excluding tert-OH is 3. The van der Waals surface area contributed by atoms with E-state index in [1.54, 1.807) is 6.92 Å². The van der Waals surface area contributed by atoms with Crippen molar-refractivity contribution in [1.29, 1.82) is 0 Å². The lowest BCUT2D eigenvalue weighted by atomic mass is 9.71.